The van der Waals surface area contributed by atoms with Gasteiger partial charge in [0.25, 0.3) is 0 Å². The molecule has 1 aromatic carbocycles. The molecule has 2 amide bonds. The van der Waals surface area contributed by atoms with Gasteiger partial charge in [0.05, 0.1) is 6.26 Å². The highest BCUT2D eigenvalue weighted by Gasteiger charge is 2.03. The number of carbonyl (C=O) groups excluding carboxylic acids is 1. The lowest BCUT2D eigenvalue weighted by Crippen LogP contribution is -2.32. The number of hydrogen-bond acceptors (Lipinski definition) is 3. The van der Waals surface area contributed by atoms with Crippen LogP contribution in [0.1, 0.15) is 5.56 Å². The molecule has 0 bridgehead atoms. The Balaban J connectivity index is 2.69. The van der Waals surface area contributed by atoms with Crippen LogP contribution in [0.25, 0.3) is 0 Å². The zero-order chi connectivity index (χ0) is 12.9. The van der Waals surface area contributed by atoms with Gasteiger partial charge in [-0.1, -0.05) is 12.1 Å². The lowest BCUT2D eigenvalue weighted by atomic mass is 10.2. The summed E-state index contributed by atoms with van der Waals surface area (Å²) < 4.78 is 24.4. The number of hydrogen-bond donors (Lipinski definition) is 3. The maximum absolute atomic E-state index is 11.0. The second kappa shape index (κ2) is 5.53. The smallest absolute Gasteiger partial charge is 0.314 e. The van der Waals surface area contributed by atoms with Gasteiger partial charge in [0.15, 0.2) is 0 Å². The first-order valence-electron chi connectivity index (χ1n) is 4.93. The molecular weight excluding hydrogens is 242 g/mol. The number of amides is 2. The quantitative estimate of drug-likeness (QED) is 0.733. The van der Waals surface area contributed by atoms with Gasteiger partial charge >= 0.3 is 6.03 Å². The van der Waals surface area contributed by atoms with Crippen molar-refractivity contribution in [1.29, 1.82) is 0 Å². The van der Waals surface area contributed by atoms with Gasteiger partial charge in [0.1, 0.15) is 0 Å². The van der Waals surface area contributed by atoms with Gasteiger partial charge in [0, 0.05) is 19.3 Å². The molecule has 0 aliphatic carbocycles. The van der Waals surface area contributed by atoms with Gasteiger partial charge in [-0.15, -0.1) is 0 Å². The minimum Gasteiger partial charge on any atom is -0.341 e. The molecule has 0 aromatic heterocycles. The van der Waals surface area contributed by atoms with Crippen LogP contribution in [0.3, 0.4) is 0 Å². The minimum absolute atomic E-state index is 0.286. The summed E-state index contributed by atoms with van der Waals surface area (Å²) in [6, 6.07) is 6.53. The Bertz CT molecular complexity index is 499. The summed E-state index contributed by atoms with van der Waals surface area (Å²) in [6.45, 7) is 0.332. The molecule has 0 saturated heterocycles. The number of nitrogens with one attached hydrogen (secondary N) is 3. The third-order valence-electron chi connectivity index (χ3n) is 1.91. The lowest BCUT2D eigenvalue weighted by molar-refractivity contribution is 0.242. The average Bonchev–Trinajstić information content (AvgIpc) is 2.24. The van der Waals surface area contributed by atoms with E-state index in [1.165, 1.54) is 7.05 Å². The Morgan fingerprint density at radius 2 is 2.06 bits per heavy atom. The maximum atomic E-state index is 11.0. The molecule has 0 spiro atoms. The van der Waals surface area contributed by atoms with E-state index in [1.54, 1.807) is 24.3 Å². The molecule has 0 atom stereocenters. The summed E-state index contributed by atoms with van der Waals surface area (Å²) in [5, 5.41) is 5.04. The third-order valence-corrected chi connectivity index (χ3v) is 2.52. The average molecular weight is 257 g/mol. The maximum Gasteiger partial charge on any atom is 0.314 e. The Morgan fingerprint density at radius 1 is 1.35 bits per heavy atom. The Hall–Kier alpha value is -1.76. The molecule has 7 heteroatoms. The fourth-order valence-electron chi connectivity index (χ4n) is 1.23. The van der Waals surface area contributed by atoms with Crippen LogP contribution in [-0.2, 0) is 16.6 Å². The van der Waals surface area contributed by atoms with E-state index in [1.807, 2.05) is 0 Å². The van der Waals surface area contributed by atoms with Gasteiger partial charge < -0.3 is 10.6 Å². The second-order valence-corrected chi connectivity index (χ2v) is 5.26. The fourth-order valence-corrected chi connectivity index (χ4v) is 1.78. The van der Waals surface area contributed by atoms with E-state index in [0.717, 1.165) is 11.8 Å². The van der Waals surface area contributed by atoms with Crippen molar-refractivity contribution in [1.82, 2.24) is 10.6 Å². The summed E-state index contributed by atoms with van der Waals surface area (Å²) >= 11 is 0. The van der Waals surface area contributed by atoms with E-state index in [2.05, 4.69) is 15.4 Å². The molecule has 0 fully saturated rings. The van der Waals surface area contributed by atoms with E-state index >= 15 is 0 Å². The van der Waals surface area contributed by atoms with Crippen LogP contribution in [0.5, 0.6) is 0 Å². The number of benzene rings is 1. The SMILES string of the molecule is CNC(=O)NCc1cccc(NS(C)(=O)=O)c1. The van der Waals surface area contributed by atoms with E-state index in [9.17, 15) is 13.2 Å². The Labute approximate surface area is 100 Å². The highest BCUT2D eigenvalue weighted by atomic mass is 32.2. The zero-order valence-corrected chi connectivity index (χ0v) is 10.5. The fraction of sp³-hybridized carbons (Fsp3) is 0.300. The van der Waals surface area contributed by atoms with E-state index in [0.29, 0.717) is 12.2 Å². The summed E-state index contributed by atoms with van der Waals surface area (Å²) in [5.74, 6) is 0. The Morgan fingerprint density at radius 3 is 2.65 bits per heavy atom. The highest BCUT2D eigenvalue weighted by molar-refractivity contribution is 7.92. The van der Waals surface area contributed by atoms with Crippen molar-refractivity contribution in [2.24, 2.45) is 0 Å². The normalized spacial score (nSPS) is 10.7. The number of carbonyl (C=O) groups is 1. The first kappa shape index (κ1) is 13.3. The van der Waals surface area contributed by atoms with Crippen molar-refractivity contribution < 1.29 is 13.2 Å². The third kappa shape index (κ3) is 5.21. The van der Waals surface area contributed by atoms with Gasteiger partial charge in [-0.3, -0.25) is 4.72 Å². The summed E-state index contributed by atoms with van der Waals surface area (Å²) in [5.41, 5.74) is 1.28. The summed E-state index contributed by atoms with van der Waals surface area (Å²) in [7, 11) is -1.75. The van der Waals surface area contributed by atoms with Crippen LogP contribution < -0.4 is 15.4 Å². The van der Waals surface area contributed by atoms with Crippen LogP contribution in [0.15, 0.2) is 24.3 Å². The molecule has 0 heterocycles. The molecule has 0 radical (unpaired) electrons. The molecule has 1 aromatic rings. The van der Waals surface area contributed by atoms with Crippen molar-refractivity contribution in [2.75, 3.05) is 18.0 Å². The largest absolute Gasteiger partial charge is 0.341 e. The van der Waals surface area contributed by atoms with Crippen LogP contribution in [0.2, 0.25) is 0 Å². The number of urea groups is 1. The van der Waals surface area contributed by atoms with Gasteiger partial charge in [-0.2, -0.15) is 0 Å². The first-order chi connectivity index (χ1) is 7.90. The van der Waals surface area contributed by atoms with Crippen LogP contribution in [-0.4, -0.2) is 27.8 Å². The molecule has 0 aliphatic rings. The van der Waals surface area contributed by atoms with Crippen molar-refractivity contribution in [3.05, 3.63) is 29.8 Å². The second-order valence-electron chi connectivity index (χ2n) is 3.51. The monoisotopic (exact) mass is 257 g/mol. The zero-order valence-electron chi connectivity index (χ0n) is 9.65. The number of sulfonamides is 1. The lowest BCUT2D eigenvalue weighted by Gasteiger charge is -2.07. The van der Waals surface area contributed by atoms with Crippen LogP contribution >= 0.6 is 0 Å². The topological polar surface area (TPSA) is 87.3 Å². The Kier molecular flexibility index (Phi) is 4.33. The van der Waals surface area contributed by atoms with Gasteiger partial charge in [0.2, 0.25) is 10.0 Å². The molecule has 6 nitrogen and oxygen atoms in total. The molecule has 17 heavy (non-hydrogen) atoms. The van der Waals surface area contributed by atoms with E-state index in [-0.39, 0.29) is 6.03 Å². The first-order valence-corrected chi connectivity index (χ1v) is 6.82. The summed E-state index contributed by atoms with van der Waals surface area (Å²) in [4.78, 5) is 11.0. The molecular formula is C10H15N3O3S. The molecule has 0 unspecified atom stereocenters. The van der Waals surface area contributed by atoms with E-state index < -0.39 is 10.0 Å². The number of rotatable bonds is 4. The molecule has 0 saturated carbocycles. The van der Waals surface area contributed by atoms with Gasteiger partial charge in [-0.25, -0.2) is 13.2 Å². The molecule has 0 aliphatic heterocycles. The number of anilines is 1. The molecule has 94 valence electrons. The van der Waals surface area contributed by atoms with Crippen molar-refractivity contribution >= 4 is 21.7 Å². The minimum atomic E-state index is -3.28. The van der Waals surface area contributed by atoms with Crippen molar-refractivity contribution in [2.45, 2.75) is 6.54 Å². The molecule has 1 rings (SSSR count). The van der Waals surface area contributed by atoms with Crippen LogP contribution in [0.4, 0.5) is 10.5 Å². The van der Waals surface area contributed by atoms with E-state index in [4.69, 9.17) is 0 Å². The predicted molar refractivity (Wildman–Crippen MR) is 66.2 cm³/mol. The predicted octanol–water partition coefficient (Wildman–Crippen LogP) is 0.487. The standard InChI is InChI=1S/C10H15N3O3S/c1-11-10(14)12-7-8-4-3-5-9(6-8)13-17(2,15)16/h3-6,13H,7H2,1-2H3,(H2,11,12,14). The van der Waals surface area contributed by atoms with Crippen molar-refractivity contribution in [3.8, 4) is 0 Å². The highest BCUT2D eigenvalue weighted by Crippen LogP contribution is 2.11. The van der Waals surface area contributed by atoms with Gasteiger partial charge in [-0.05, 0) is 17.7 Å². The molecule has 3 N–H and O–H groups in total. The van der Waals surface area contributed by atoms with Crippen molar-refractivity contribution in [3.63, 3.8) is 0 Å². The summed E-state index contributed by atoms with van der Waals surface area (Å²) in [6.07, 6.45) is 1.09. The van der Waals surface area contributed by atoms with Crippen LogP contribution in [0, 0.1) is 0 Å².